The van der Waals surface area contributed by atoms with E-state index < -0.39 is 10.0 Å². The van der Waals surface area contributed by atoms with Crippen LogP contribution < -0.4 is 9.62 Å². The van der Waals surface area contributed by atoms with E-state index in [1.165, 1.54) is 15.4 Å². The molecule has 186 valence electrons. The minimum atomic E-state index is -3.93. The summed E-state index contributed by atoms with van der Waals surface area (Å²) in [7, 11) is -3.93. The minimum Gasteiger partial charge on any atom is -0.350 e. The molecule has 0 atom stereocenters. The molecule has 6 heteroatoms. The highest BCUT2D eigenvalue weighted by molar-refractivity contribution is 7.92. The van der Waals surface area contributed by atoms with Crippen molar-refractivity contribution in [3.05, 3.63) is 94.5 Å². The van der Waals surface area contributed by atoms with E-state index in [0.717, 1.165) is 29.5 Å². The van der Waals surface area contributed by atoms with Crippen molar-refractivity contribution in [2.45, 2.75) is 64.8 Å². The normalized spacial score (nSPS) is 11.5. The first-order valence-electron chi connectivity index (χ1n) is 12.2. The highest BCUT2D eigenvalue weighted by Crippen LogP contribution is 2.26. The van der Waals surface area contributed by atoms with Crippen molar-refractivity contribution >= 4 is 21.6 Å². The van der Waals surface area contributed by atoms with E-state index in [2.05, 4.69) is 51.2 Å². The Morgan fingerprint density at radius 2 is 1.54 bits per heavy atom. The standard InChI is InChI=1S/C29H36N2O3S/c1-6-23-10-11-24(7-2)26(18-23)19-30-29(32)20-31(27-14-12-25(13-15-27)21(3)4)35(33,34)28-16-8-22(5)9-17-28/h8-18,21H,6-7,19-20H2,1-5H3,(H,30,32). The van der Waals surface area contributed by atoms with E-state index in [1.807, 2.05) is 19.1 Å². The highest BCUT2D eigenvalue weighted by atomic mass is 32.2. The van der Waals surface area contributed by atoms with Crippen molar-refractivity contribution in [2.24, 2.45) is 0 Å². The molecule has 0 saturated carbocycles. The highest BCUT2D eigenvalue weighted by Gasteiger charge is 2.27. The molecule has 1 amide bonds. The molecule has 3 aromatic carbocycles. The smallest absolute Gasteiger partial charge is 0.264 e. The predicted molar refractivity (Wildman–Crippen MR) is 143 cm³/mol. The lowest BCUT2D eigenvalue weighted by Crippen LogP contribution is -2.40. The van der Waals surface area contributed by atoms with Crippen LogP contribution in [0.2, 0.25) is 0 Å². The molecule has 0 heterocycles. The maximum atomic E-state index is 13.6. The topological polar surface area (TPSA) is 66.5 Å². The molecule has 0 spiro atoms. The molecular formula is C29H36N2O3S. The molecule has 0 radical (unpaired) electrons. The molecule has 3 rings (SSSR count). The third-order valence-electron chi connectivity index (χ3n) is 6.28. The average molecular weight is 493 g/mol. The number of nitrogens with zero attached hydrogens (tertiary/aromatic N) is 1. The van der Waals surface area contributed by atoms with Crippen molar-refractivity contribution < 1.29 is 13.2 Å². The van der Waals surface area contributed by atoms with Crippen LogP contribution in [0.3, 0.4) is 0 Å². The Hall–Kier alpha value is -3.12. The van der Waals surface area contributed by atoms with Crippen LogP contribution >= 0.6 is 0 Å². The number of sulfonamides is 1. The van der Waals surface area contributed by atoms with Gasteiger partial charge < -0.3 is 5.32 Å². The Morgan fingerprint density at radius 1 is 0.886 bits per heavy atom. The van der Waals surface area contributed by atoms with Gasteiger partial charge in [-0.15, -0.1) is 0 Å². The van der Waals surface area contributed by atoms with Crippen LogP contribution in [-0.2, 0) is 34.2 Å². The first kappa shape index (κ1) is 26.5. The van der Waals surface area contributed by atoms with Gasteiger partial charge in [0.1, 0.15) is 6.54 Å². The number of carbonyl (C=O) groups excluding carboxylic acids is 1. The van der Waals surface area contributed by atoms with Crippen molar-refractivity contribution in [1.82, 2.24) is 5.32 Å². The fraction of sp³-hybridized carbons (Fsp3) is 0.345. The molecule has 0 aliphatic heterocycles. The minimum absolute atomic E-state index is 0.160. The summed E-state index contributed by atoms with van der Waals surface area (Å²) in [6.45, 7) is 10.3. The van der Waals surface area contributed by atoms with Crippen molar-refractivity contribution in [1.29, 1.82) is 0 Å². The van der Waals surface area contributed by atoms with Crippen molar-refractivity contribution in [3.8, 4) is 0 Å². The molecule has 35 heavy (non-hydrogen) atoms. The Balaban J connectivity index is 1.88. The molecule has 0 fully saturated rings. The molecule has 1 N–H and O–H groups in total. The van der Waals surface area contributed by atoms with Crippen LogP contribution in [0.1, 0.15) is 61.4 Å². The van der Waals surface area contributed by atoms with Crippen molar-refractivity contribution in [2.75, 3.05) is 10.8 Å². The summed E-state index contributed by atoms with van der Waals surface area (Å²) in [6, 6.07) is 20.4. The lowest BCUT2D eigenvalue weighted by Gasteiger charge is -2.25. The largest absolute Gasteiger partial charge is 0.350 e. The van der Waals surface area contributed by atoms with Crippen LogP contribution in [-0.4, -0.2) is 20.9 Å². The lowest BCUT2D eigenvalue weighted by atomic mass is 10.0. The fourth-order valence-corrected chi connectivity index (χ4v) is 5.39. The Bertz CT molecular complexity index is 1250. The number of rotatable bonds is 10. The summed E-state index contributed by atoms with van der Waals surface area (Å²) in [5, 5.41) is 2.94. The summed E-state index contributed by atoms with van der Waals surface area (Å²) >= 11 is 0. The van der Waals surface area contributed by atoms with E-state index in [4.69, 9.17) is 0 Å². The van der Waals surface area contributed by atoms with Gasteiger partial charge in [0.05, 0.1) is 10.6 Å². The number of anilines is 1. The molecule has 0 saturated heterocycles. The number of nitrogens with one attached hydrogen (secondary N) is 1. The monoisotopic (exact) mass is 492 g/mol. The van der Waals surface area contributed by atoms with E-state index in [0.29, 0.717) is 18.2 Å². The van der Waals surface area contributed by atoms with E-state index >= 15 is 0 Å². The second-order valence-electron chi connectivity index (χ2n) is 9.16. The molecule has 0 aromatic heterocycles. The predicted octanol–water partition coefficient (Wildman–Crippen LogP) is 5.75. The quantitative estimate of drug-likeness (QED) is 0.392. The summed E-state index contributed by atoms with van der Waals surface area (Å²) in [4.78, 5) is 13.2. The number of hydrogen-bond donors (Lipinski definition) is 1. The van der Waals surface area contributed by atoms with E-state index in [9.17, 15) is 13.2 Å². The second-order valence-corrected chi connectivity index (χ2v) is 11.0. The van der Waals surface area contributed by atoms with E-state index in [-0.39, 0.29) is 17.3 Å². The van der Waals surface area contributed by atoms with Crippen LogP contribution in [0.25, 0.3) is 0 Å². The summed E-state index contributed by atoms with van der Waals surface area (Å²) in [6.07, 6.45) is 1.78. The van der Waals surface area contributed by atoms with Crippen LogP contribution in [0.5, 0.6) is 0 Å². The number of hydrogen-bond acceptors (Lipinski definition) is 3. The van der Waals surface area contributed by atoms with Gasteiger partial charge >= 0.3 is 0 Å². The van der Waals surface area contributed by atoms with Crippen LogP contribution in [0.15, 0.2) is 71.6 Å². The van der Waals surface area contributed by atoms with Gasteiger partial charge in [0.2, 0.25) is 5.91 Å². The Morgan fingerprint density at radius 3 is 2.11 bits per heavy atom. The molecule has 0 aliphatic carbocycles. The number of aryl methyl sites for hydroxylation is 3. The van der Waals surface area contributed by atoms with Crippen LogP contribution in [0.4, 0.5) is 5.69 Å². The first-order chi connectivity index (χ1) is 16.6. The zero-order chi connectivity index (χ0) is 25.6. The number of benzene rings is 3. The fourth-order valence-electron chi connectivity index (χ4n) is 3.97. The summed E-state index contributed by atoms with van der Waals surface area (Å²) in [5.41, 5.74) is 5.99. The third-order valence-corrected chi connectivity index (χ3v) is 8.07. The molecule has 0 aliphatic rings. The summed E-state index contributed by atoms with van der Waals surface area (Å²) < 4.78 is 28.4. The molecule has 0 unspecified atom stereocenters. The van der Waals surface area contributed by atoms with Gasteiger partial charge in [-0.25, -0.2) is 8.42 Å². The van der Waals surface area contributed by atoms with E-state index in [1.54, 1.807) is 36.4 Å². The zero-order valence-electron chi connectivity index (χ0n) is 21.3. The summed E-state index contributed by atoms with van der Waals surface area (Å²) in [5.74, 6) is -0.0290. The van der Waals surface area contributed by atoms with Crippen LogP contribution in [0, 0.1) is 6.92 Å². The Kier molecular flexibility index (Phi) is 8.73. The van der Waals surface area contributed by atoms with Gasteiger partial charge in [-0.05, 0) is 72.2 Å². The maximum Gasteiger partial charge on any atom is 0.264 e. The molecule has 5 nitrogen and oxygen atoms in total. The SMILES string of the molecule is CCc1ccc(CC)c(CNC(=O)CN(c2ccc(C(C)C)cc2)S(=O)(=O)c2ccc(C)cc2)c1. The zero-order valence-corrected chi connectivity index (χ0v) is 22.2. The first-order valence-corrected chi connectivity index (χ1v) is 13.7. The second kappa shape index (κ2) is 11.5. The van der Waals surface area contributed by atoms with Gasteiger partial charge in [-0.1, -0.05) is 75.7 Å². The number of carbonyl (C=O) groups is 1. The molecule has 0 bridgehead atoms. The Labute approximate surface area is 210 Å². The lowest BCUT2D eigenvalue weighted by molar-refractivity contribution is -0.119. The molecule has 3 aromatic rings. The van der Waals surface area contributed by atoms with Crippen molar-refractivity contribution in [3.63, 3.8) is 0 Å². The van der Waals surface area contributed by atoms with Gasteiger partial charge in [0, 0.05) is 6.54 Å². The average Bonchev–Trinajstić information content (AvgIpc) is 2.86. The number of amides is 1. The van der Waals surface area contributed by atoms with Gasteiger partial charge in [0.15, 0.2) is 0 Å². The van der Waals surface area contributed by atoms with Gasteiger partial charge in [-0.2, -0.15) is 0 Å². The maximum absolute atomic E-state index is 13.6. The van der Waals surface area contributed by atoms with Gasteiger partial charge in [-0.3, -0.25) is 9.10 Å². The van der Waals surface area contributed by atoms with Gasteiger partial charge in [0.25, 0.3) is 10.0 Å². The third kappa shape index (κ3) is 6.51. The molecular weight excluding hydrogens is 456 g/mol.